The lowest BCUT2D eigenvalue weighted by Gasteiger charge is -2.49. The molecule has 0 spiro atoms. The second-order valence-corrected chi connectivity index (χ2v) is 11.5. The van der Waals surface area contributed by atoms with Crippen LogP contribution in [0.25, 0.3) is 0 Å². The minimum Gasteiger partial charge on any atom is -0.491 e. The van der Waals surface area contributed by atoms with Gasteiger partial charge in [-0.05, 0) is 50.6 Å². The van der Waals surface area contributed by atoms with E-state index < -0.39 is 77.4 Å². The van der Waals surface area contributed by atoms with Crippen molar-refractivity contribution in [1.29, 1.82) is 0 Å². The molecular formula is C27H42N6O10. The number of rotatable bonds is 9. The maximum absolute atomic E-state index is 12.3. The summed E-state index contributed by atoms with van der Waals surface area (Å²) in [5.74, 6) is -0.308. The van der Waals surface area contributed by atoms with Crippen LogP contribution in [0.4, 0.5) is 10.5 Å². The van der Waals surface area contributed by atoms with Crippen molar-refractivity contribution in [2.24, 2.45) is 23.1 Å². The van der Waals surface area contributed by atoms with Crippen LogP contribution in [0.2, 0.25) is 0 Å². The normalized spacial score (nSPS) is 38.0. The summed E-state index contributed by atoms with van der Waals surface area (Å²) in [4.78, 5) is 22.5. The number of nitrogens with zero attached hydrogens (tertiary/aromatic N) is 1. The summed E-state index contributed by atoms with van der Waals surface area (Å²) in [5, 5.41) is 49.0. The van der Waals surface area contributed by atoms with E-state index >= 15 is 0 Å². The molecule has 3 aliphatic rings. The average Bonchev–Trinajstić information content (AvgIpc) is 2.95. The Morgan fingerprint density at radius 2 is 1.86 bits per heavy atom. The number of hydrogen-bond donors (Lipinski definition) is 8. The van der Waals surface area contributed by atoms with E-state index in [0.717, 1.165) is 0 Å². The molecule has 0 bridgehead atoms. The number of nitro benzene ring substituents is 1. The zero-order chi connectivity index (χ0) is 31.5. The number of nitrogens with one attached hydrogen (secondary N) is 2. The number of non-ortho nitro benzene ring substituents is 1. The summed E-state index contributed by atoms with van der Waals surface area (Å²) in [6.45, 7) is 1.31. The Hall–Kier alpha value is -2.93. The predicted molar refractivity (Wildman–Crippen MR) is 151 cm³/mol. The lowest BCUT2D eigenvalue weighted by molar-refractivity contribution is -0.384. The second-order valence-electron chi connectivity index (χ2n) is 11.5. The van der Waals surface area contributed by atoms with Gasteiger partial charge in [-0.2, -0.15) is 0 Å². The summed E-state index contributed by atoms with van der Waals surface area (Å²) in [6.07, 6.45) is -3.74. The highest BCUT2D eigenvalue weighted by Gasteiger charge is 2.52. The highest BCUT2D eigenvalue weighted by molar-refractivity contribution is 5.67. The third-order valence-corrected chi connectivity index (χ3v) is 8.25. The molecule has 16 nitrogen and oxygen atoms in total. The molecule has 1 aromatic carbocycles. The monoisotopic (exact) mass is 610 g/mol. The van der Waals surface area contributed by atoms with E-state index in [9.17, 15) is 30.2 Å². The number of aliphatic hydroxyl groups excluding tert-OH is 2. The van der Waals surface area contributed by atoms with Gasteiger partial charge in [0.1, 0.15) is 36.3 Å². The summed E-state index contributed by atoms with van der Waals surface area (Å²) in [5.41, 5.74) is 18.3. The SMILES string of the molecule is CN[C@@H]1[C@@H](O)[C@@H](O[C@H]2[C@H](N)C[C@H](N)C([C@H]3OC(CNC(=O)OCc4ccc([N+](=O)[O-])cc4)=CC[C@H]3N)[C@@H]2O)OC[C@]1(C)O. The van der Waals surface area contributed by atoms with E-state index in [0.29, 0.717) is 17.7 Å². The number of nitrogens with two attached hydrogens (primary N) is 3. The van der Waals surface area contributed by atoms with Crippen LogP contribution < -0.4 is 27.8 Å². The number of carbonyl (C=O) groups is 1. The number of carbonyl (C=O) groups excluding carboxylic acids is 1. The highest BCUT2D eigenvalue weighted by Crippen LogP contribution is 2.36. The fourth-order valence-corrected chi connectivity index (χ4v) is 5.93. The van der Waals surface area contributed by atoms with Gasteiger partial charge in [-0.25, -0.2) is 4.79 Å². The third kappa shape index (κ3) is 7.60. The van der Waals surface area contributed by atoms with Crippen LogP contribution in [0.1, 0.15) is 25.3 Å². The van der Waals surface area contributed by atoms with Crippen molar-refractivity contribution in [2.75, 3.05) is 20.2 Å². The molecule has 1 aromatic rings. The molecule has 11 N–H and O–H groups in total. The van der Waals surface area contributed by atoms with Crippen LogP contribution in [0.5, 0.6) is 0 Å². The highest BCUT2D eigenvalue weighted by atomic mass is 16.7. The molecule has 43 heavy (non-hydrogen) atoms. The minimum atomic E-state index is -1.34. The number of nitro groups is 1. The summed E-state index contributed by atoms with van der Waals surface area (Å²) < 4.78 is 22.9. The van der Waals surface area contributed by atoms with E-state index in [1.165, 1.54) is 31.2 Å². The minimum absolute atomic E-state index is 0.0206. The second kappa shape index (κ2) is 13.8. The standard InChI is InChI=1S/C27H42N6O10/c1-27(37)12-41-25(21(35)24(27)31-2)43-23-18(30)9-17(29)19(20(23)34)22-16(28)8-7-15(42-22)10-32-26(36)40-11-13-3-5-14(6-4-13)33(38)39/h3-7,16-25,31,34-35,37H,8-12,28-30H2,1-2H3,(H,32,36)/t16-,17+,18-,19?,20+,21-,22+,23+,24-,25-,27+/m1/s1. The molecule has 1 saturated heterocycles. The molecule has 2 aliphatic heterocycles. The van der Waals surface area contributed by atoms with Gasteiger partial charge in [-0.1, -0.05) is 0 Å². The van der Waals surface area contributed by atoms with Crippen molar-refractivity contribution in [2.45, 2.75) is 86.8 Å². The topological polar surface area (TPSA) is 260 Å². The quantitative estimate of drug-likeness (QED) is 0.114. The van der Waals surface area contributed by atoms with Gasteiger partial charge in [0.05, 0.1) is 30.2 Å². The number of likely N-dealkylation sites (N-methyl/N-ethyl adjacent to an activating group) is 1. The fourth-order valence-electron chi connectivity index (χ4n) is 5.93. The number of aliphatic hydroxyl groups is 3. The predicted octanol–water partition coefficient (Wildman–Crippen LogP) is -1.70. The molecule has 2 fully saturated rings. The number of benzene rings is 1. The van der Waals surface area contributed by atoms with Gasteiger partial charge >= 0.3 is 6.09 Å². The van der Waals surface area contributed by atoms with E-state index in [-0.39, 0.29) is 31.9 Å². The van der Waals surface area contributed by atoms with Crippen molar-refractivity contribution in [1.82, 2.24) is 10.6 Å². The lowest BCUT2D eigenvalue weighted by Crippen LogP contribution is -2.68. The number of hydrogen-bond acceptors (Lipinski definition) is 14. The molecule has 2 heterocycles. The van der Waals surface area contributed by atoms with Crippen molar-refractivity contribution in [3.63, 3.8) is 0 Å². The van der Waals surface area contributed by atoms with Gasteiger partial charge in [-0.15, -0.1) is 0 Å². The molecule has 1 saturated carbocycles. The van der Waals surface area contributed by atoms with Gasteiger partial charge in [-0.3, -0.25) is 10.1 Å². The average molecular weight is 611 g/mol. The lowest BCUT2D eigenvalue weighted by atomic mass is 9.73. The Bertz CT molecular complexity index is 1150. The molecule has 1 aliphatic carbocycles. The Morgan fingerprint density at radius 3 is 2.51 bits per heavy atom. The maximum Gasteiger partial charge on any atom is 0.407 e. The molecule has 4 rings (SSSR count). The Balaban J connectivity index is 1.34. The van der Waals surface area contributed by atoms with Gasteiger partial charge in [0.15, 0.2) is 6.29 Å². The van der Waals surface area contributed by atoms with Crippen LogP contribution in [0.3, 0.4) is 0 Å². The van der Waals surface area contributed by atoms with Crippen molar-refractivity contribution >= 4 is 11.8 Å². The number of amides is 1. The number of alkyl carbamates (subject to hydrolysis) is 1. The summed E-state index contributed by atoms with van der Waals surface area (Å²) in [7, 11) is 1.60. The largest absolute Gasteiger partial charge is 0.491 e. The molecule has 16 heteroatoms. The Kier molecular flexibility index (Phi) is 10.6. The zero-order valence-corrected chi connectivity index (χ0v) is 24.1. The first-order valence-corrected chi connectivity index (χ1v) is 14.1. The van der Waals surface area contributed by atoms with E-state index in [2.05, 4.69) is 10.6 Å². The molecule has 240 valence electrons. The van der Waals surface area contributed by atoms with Crippen LogP contribution in [-0.4, -0.2) is 107 Å². The van der Waals surface area contributed by atoms with E-state index in [1.54, 1.807) is 13.1 Å². The maximum atomic E-state index is 12.3. The molecule has 0 aromatic heterocycles. The van der Waals surface area contributed by atoms with E-state index in [1.807, 2.05) is 0 Å². The fraction of sp³-hybridized carbons (Fsp3) is 0.667. The molecular weight excluding hydrogens is 568 g/mol. The summed E-state index contributed by atoms with van der Waals surface area (Å²) >= 11 is 0. The van der Waals surface area contributed by atoms with Gasteiger partial charge < -0.3 is 62.1 Å². The first kappa shape index (κ1) is 33.0. The third-order valence-electron chi connectivity index (χ3n) is 8.25. The first-order valence-electron chi connectivity index (χ1n) is 14.1. The van der Waals surface area contributed by atoms with Crippen LogP contribution in [-0.2, 0) is 25.6 Å². The van der Waals surface area contributed by atoms with Gasteiger partial charge in [0.25, 0.3) is 5.69 Å². The molecule has 1 amide bonds. The van der Waals surface area contributed by atoms with Crippen molar-refractivity contribution < 1.29 is 44.0 Å². The van der Waals surface area contributed by atoms with Crippen molar-refractivity contribution in [3.05, 3.63) is 51.8 Å². The molecule has 0 radical (unpaired) electrons. The molecule has 11 atom stereocenters. The van der Waals surface area contributed by atoms with Gasteiger partial charge in [0, 0.05) is 36.2 Å². The molecule has 1 unspecified atom stereocenters. The Morgan fingerprint density at radius 1 is 1.16 bits per heavy atom. The number of ether oxygens (including phenoxy) is 4. The van der Waals surface area contributed by atoms with Gasteiger partial charge in [0.2, 0.25) is 0 Å². The zero-order valence-electron chi connectivity index (χ0n) is 24.1. The van der Waals surface area contributed by atoms with E-state index in [4.69, 9.17) is 36.1 Å². The smallest absolute Gasteiger partial charge is 0.407 e. The summed E-state index contributed by atoms with van der Waals surface area (Å²) in [6, 6.07) is 3.07. The van der Waals surface area contributed by atoms with Crippen LogP contribution in [0.15, 0.2) is 36.1 Å². The van der Waals surface area contributed by atoms with Crippen molar-refractivity contribution in [3.8, 4) is 0 Å². The van der Waals surface area contributed by atoms with Crippen LogP contribution >= 0.6 is 0 Å². The Labute approximate surface area is 248 Å². The first-order chi connectivity index (χ1) is 20.3. The van der Waals surface area contributed by atoms with Crippen LogP contribution in [0, 0.1) is 16.0 Å².